The first-order valence-corrected chi connectivity index (χ1v) is 4.54. The number of hydrogen-bond donors (Lipinski definition) is 2. The maximum Gasteiger partial charge on any atom is 0.139 e. The van der Waals surface area contributed by atoms with E-state index in [4.69, 9.17) is 5.73 Å². The smallest absolute Gasteiger partial charge is 0.139 e. The molecule has 0 fully saturated rings. The molecule has 3 N–H and O–H groups in total. The topological polar surface area (TPSA) is 71.0 Å². The summed E-state index contributed by atoms with van der Waals surface area (Å²) in [7, 11) is 0. The van der Waals surface area contributed by atoms with Gasteiger partial charge in [0, 0.05) is 12.3 Å². The van der Waals surface area contributed by atoms with Gasteiger partial charge in [0.1, 0.15) is 5.75 Å². The molecule has 0 unspecified atom stereocenters. The van der Waals surface area contributed by atoms with Gasteiger partial charge in [-0.1, -0.05) is 12.1 Å². The highest BCUT2D eigenvalue weighted by atomic mass is 16.3. The van der Waals surface area contributed by atoms with Crippen LogP contribution in [-0.2, 0) is 0 Å². The number of nitrogens with zero attached hydrogens (tertiary/aromatic N) is 2. The van der Waals surface area contributed by atoms with Crippen LogP contribution in [0.2, 0.25) is 0 Å². The summed E-state index contributed by atoms with van der Waals surface area (Å²) in [6, 6.07) is 5.03. The van der Waals surface area contributed by atoms with Crippen molar-refractivity contribution in [3.63, 3.8) is 0 Å². The highest BCUT2D eigenvalue weighted by Gasteiger charge is 2.17. The molecular formula is C11H11N3O. The maximum atomic E-state index is 9.47. The van der Waals surface area contributed by atoms with Gasteiger partial charge in [0.05, 0.1) is 11.4 Å². The van der Waals surface area contributed by atoms with Gasteiger partial charge in [-0.2, -0.15) is 10.2 Å². The fraction of sp³-hybridized carbons (Fsp3) is 0.0909. The number of nitrogens with two attached hydrogens (primary N) is 1. The maximum absolute atomic E-state index is 9.47. The zero-order chi connectivity index (χ0) is 10.8. The highest BCUT2D eigenvalue weighted by molar-refractivity contribution is 6.15. The largest absolute Gasteiger partial charge is 0.506 e. The number of phenols is 1. The third-order valence-corrected chi connectivity index (χ3v) is 2.19. The number of hydrogen-bond acceptors (Lipinski definition) is 4. The van der Waals surface area contributed by atoms with E-state index < -0.39 is 0 Å². The number of nitrogen functional groups attached to an aromatic ring is 1. The van der Waals surface area contributed by atoms with Crippen LogP contribution in [0.1, 0.15) is 12.0 Å². The Balaban J connectivity index is 2.42. The molecule has 0 saturated carbocycles. The standard InChI is InChI=1S/C11H11N3O/c1-13-14-11(7-2-3-7)8-4-5-9(12)10(15)6-8/h2,4-6,15H,1,3,12H2/b14-11+. The first-order valence-electron chi connectivity index (χ1n) is 4.54. The van der Waals surface area contributed by atoms with E-state index in [0.29, 0.717) is 5.69 Å². The Morgan fingerprint density at radius 1 is 1.47 bits per heavy atom. The van der Waals surface area contributed by atoms with Crippen molar-refractivity contribution in [1.82, 2.24) is 0 Å². The molecule has 1 aliphatic carbocycles. The van der Waals surface area contributed by atoms with E-state index in [9.17, 15) is 5.11 Å². The predicted molar refractivity (Wildman–Crippen MR) is 61.3 cm³/mol. The van der Waals surface area contributed by atoms with E-state index in [1.807, 2.05) is 6.08 Å². The molecule has 0 spiro atoms. The fourth-order valence-electron chi connectivity index (χ4n) is 1.31. The van der Waals surface area contributed by atoms with E-state index >= 15 is 0 Å². The minimum absolute atomic E-state index is 0.0607. The lowest BCUT2D eigenvalue weighted by Gasteiger charge is -2.03. The Bertz CT molecular complexity index is 475. The third-order valence-electron chi connectivity index (χ3n) is 2.19. The molecule has 76 valence electrons. The molecule has 0 heterocycles. The quantitative estimate of drug-likeness (QED) is 0.338. The summed E-state index contributed by atoms with van der Waals surface area (Å²) in [5.41, 5.74) is 8.54. The summed E-state index contributed by atoms with van der Waals surface area (Å²) in [6.07, 6.45) is 2.96. The molecule has 15 heavy (non-hydrogen) atoms. The normalized spacial score (nSPS) is 14.7. The lowest BCUT2D eigenvalue weighted by Crippen LogP contribution is -1.99. The average Bonchev–Trinajstić information content (AvgIpc) is 3.02. The van der Waals surface area contributed by atoms with Crippen molar-refractivity contribution < 1.29 is 5.11 Å². The molecule has 0 aliphatic heterocycles. The van der Waals surface area contributed by atoms with Crippen molar-refractivity contribution in [1.29, 1.82) is 0 Å². The van der Waals surface area contributed by atoms with Crippen molar-refractivity contribution in [2.45, 2.75) is 6.42 Å². The molecule has 0 bridgehead atoms. The molecule has 2 rings (SSSR count). The van der Waals surface area contributed by atoms with E-state index in [2.05, 4.69) is 16.9 Å². The van der Waals surface area contributed by atoms with Crippen molar-refractivity contribution in [3.05, 3.63) is 35.4 Å². The Hall–Kier alpha value is -2.10. The molecule has 1 aliphatic rings. The number of aromatic hydroxyl groups is 1. The Labute approximate surface area is 87.5 Å². The highest BCUT2D eigenvalue weighted by Crippen LogP contribution is 2.28. The zero-order valence-electron chi connectivity index (χ0n) is 8.14. The molecule has 1 aromatic carbocycles. The number of phenolic OH excluding ortho intramolecular Hbond substituents is 1. The van der Waals surface area contributed by atoms with Gasteiger partial charge >= 0.3 is 0 Å². The second-order valence-corrected chi connectivity index (χ2v) is 3.30. The van der Waals surface area contributed by atoms with Gasteiger partial charge in [0.25, 0.3) is 0 Å². The van der Waals surface area contributed by atoms with Crippen LogP contribution in [0.5, 0.6) is 5.75 Å². The molecule has 0 atom stereocenters. The SMILES string of the molecule is C=N/N=C(\C1=CC1)c1ccc(N)c(O)c1. The van der Waals surface area contributed by atoms with Gasteiger partial charge in [0.2, 0.25) is 0 Å². The second kappa shape index (κ2) is 3.57. The average molecular weight is 201 g/mol. The zero-order valence-corrected chi connectivity index (χ0v) is 8.14. The Morgan fingerprint density at radius 2 is 2.20 bits per heavy atom. The van der Waals surface area contributed by atoms with Crippen molar-refractivity contribution in [2.75, 3.05) is 5.73 Å². The van der Waals surface area contributed by atoms with Crippen molar-refractivity contribution in [3.8, 4) is 5.75 Å². The summed E-state index contributed by atoms with van der Waals surface area (Å²) < 4.78 is 0. The fourth-order valence-corrected chi connectivity index (χ4v) is 1.31. The predicted octanol–water partition coefficient (Wildman–Crippen LogP) is 1.71. The summed E-state index contributed by atoms with van der Waals surface area (Å²) in [4.78, 5) is 0. The van der Waals surface area contributed by atoms with Crippen molar-refractivity contribution in [2.24, 2.45) is 10.2 Å². The minimum Gasteiger partial charge on any atom is -0.506 e. The molecule has 4 heteroatoms. The number of benzene rings is 1. The number of allylic oxidation sites excluding steroid dienone is 2. The van der Waals surface area contributed by atoms with Crippen molar-refractivity contribution >= 4 is 18.1 Å². The molecule has 4 nitrogen and oxygen atoms in total. The van der Waals surface area contributed by atoms with Gasteiger partial charge in [-0.15, -0.1) is 0 Å². The summed E-state index contributed by atoms with van der Waals surface area (Å²) in [6.45, 7) is 3.32. The van der Waals surface area contributed by atoms with Gasteiger partial charge in [-0.05, 0) is 24.1 Å². The van der Waals surface area contributed by atoms with Crippen LogP contribution >= 0.6 is 0 Å². The summed E-state index contributed by atoms with van der Waals surface area (Å²) >= 11 is 0. The van der Waals surface area contributed by atoms with Crippen LogP contribution in [-0.4, -0.2) is 17.5 Å². The van der Waals surface area contributed by atoms with Crippen LogP contribution in [0.15, 0.2) is 40.1 Å². The number of rotatable bonds is 3. The van der Waals surface area contributed by atoms with Crippen LogP contribution in [0.4, 0.5) is 5.69 Å². The second-order valence-electron chi connectivity index (χ2n) is 3.30. The molecule has 0 radical (unpaired) electrons. The minimum atomic E-state index is 0.0607. The molecule has 0 aromatic heterocycles. The molecule has 0 saturated heterocycles. The van der Waals surface area contributed by atoms with E-state index in [1.54, 1.807) is 18.2 Å². The molecule has 0 amide bonds. The Morgan fingerprint density at radius 3 is 2.73 bits per heavy atom. The van der Waals surface area contributed by atoms with Crippen LogP contribution in [0, 0.1) is 0 Å². The van der Waals surface area contributed by atoms with Gasteiger partial charge in [0.15, 0.2) is 0 Å². The molecular weight excluding hydrogens is 190 g/mol. The summed E-state index contributed by atoms with van der Waals surface area (Å²) in [5, 5.41) is 16.9. The Kier molecular flexibility index (Phi) is 2.25. The lowest BCUT2D eigenvalue weighted by molar-refractivity contribution is 0.478. The van der Waals surface area contributed by atoms with E-state index in [1.165, 1.54) is 0 Å². The summed E-state index contributed by atoms with van der Waals surface area (Å²) in [5.74, 6) is 0.0607. The first-order chi connectivity index (χ1) is 7.22. The van der Waals surface area contributed by atoms with Crippen LogP contribution in [0.3, 0.4) is 0 Å². The van der Waals surface area contributed by atoms with Gasteiger partial charge in [-0.25, -0.2) is 0 Å². The monoisotopic (exact) mass is 201 g/mol. The van der Waals surface area contributed by atoms with Gasteiger partial charge < -0.3 is 10.8 Å². The van der Waals surface area contributed by atoms with E-state index in [-0.39, 0.29) is 5.75 Å². The van der Waals surface area contributed by atoms with E-state index in [0.717, 1.165) is 23.3 Å². The number of anilines is 1. The first kappa shape index (κ1) is 9.45. The van der Waals surface area contributed by atoms with Crippen LogP contribution in [0.25, 0.3) is 0 Å². The lowest BCUT2D eigenvalue weighted by atomic mass is 10.1. The van der Waals surface area contributed by atoms with Crippen LogP contribution < -0.4 is 5.73 Å². The van der Waals surface area contributed by atoms with Gasteiger partial charge in [-0.3, -0.25) is 0 Å². The third kappa shape index (κ3) is 1.88. The molecule has 1 aromatic rings.